The monoisotopic (exact) mass is 454 g/mol. The molecule has 0 aromatic carbocycles. The molecule has 2 saturated heterocycles. The predicted octanol–water partition coefficient (Wildman–Crippen LogP) is 7.00. The Labute approximate surface area is 189 Å². The van der Waals surface area contributed by atoms with E-state index in [1.807, 2.05) is 6.08 Å². The zero-order valence-corrected chi connectivity index (χ0v) is 23.2. The molecular weight excluding hydrogens is 404 g/mol. The quantitative estimate of drug-likeness (QED) is 0.191. The maximum Gasteiger partial charge on any atom is 0.0824 e. The molecule has 30 heavy (non-hydrogen) atoms. The molecule has 0 amide bonds. The van der Waals surface area contributed by atoms with Gasteiger partial charge < -0.3 is 14.2 Å². The summed E-state index contributed by atoms with van der Waals surface area (Å²) in [5.74, 6) is 0. The van der Waals surface area contributed by atoms with E-state index in [0.717, 1.165) is 39.1 Å². The fourth-order valence-corrected chi connectivity index (χ4v) is 10.5. The van der Waals surface area contributed by atoms with Gasteiger partial charge in [0.25, 0.3) is 0 Å². The minimum atomic E-state index is -1.54. The molecule has 0 bridgehead atoms. The van der Waals surface area contributed by atoms with E-state index in [2.05, 4.69) is 52.8 Å². The Balaban J connectivity index is 2.44. The molecule has 0 N–H and O–H groups in total. The predicted molar refractivity (Wildman–Crippen MR) is 135 cm³/mol. The number of rotatable bonds is 11. The molecule has 2 heterocycles. The van der Waals surface area contributed by atoms with Crippen LogP contribution in [0.15, 0.2) is 12.7 Å². The summed E-state index contributed by atoms with van der Waals surface area (Å²) in [6.07, 6.45) is 12.7. The summed E-state index contributed by atoms with van der Waals surface area (Å²) in [5, 5.41) is 0.0994. The van der Waals surface area contributed by atoms with Crippen LogP contribution in [0.5, 0.6) is 0 Å². The fraction of sp³-hybridized carbons (Fsp3) is 0.920. The van der Waals surface area contributed by atoms with Gasteiger partial charge in [-0.05, 0) is 63.2 Å². The lowest BCUT2D eigenvalue weighted by atomic mass is 9.73. The average Bonchev–Trinajstić information content (AvgIpc) is 2.68. The van der Waals surface area contributed by atoms with Crippen LogP contribution in [0.3, 0.4) is 0 Å². The highest BCUT2D eigenvalue weighted by molar-refractivity contribution is 6.79. The fourth-order valence-electron chi connectivity index (χ4n) is 5.78. The summed E-state index contributed by atoms with van der Waals surface area (Å²) < 4.78 is 19.8. The molecule has 2 unspecified atom stereocenters. The lowest BCUT2D eigenvalue weighted by molar-refractivity contribution is -0.108. The van der Waals surface area contributed by atoms with Gasteiger partial charge >= 0.3 is 0 Å². The van der Waals surface area contributed by atoms with Crippen LogP contribution in [0.1, 0.15) is 64.7 Å². The summed E-state index contributed by atoms with van der Waals surface area (Å²) in [6.45, 7) is 24.6. The molecule has 0 aromatic heterocycles. The van der Waals surface area contributed by atoms with Gasteiger partial charge in [-0.25, -0.2) is 0 Å². The Bertz CT molecular complexity index is 498. The van der Waals surface area contributed by atoms with E-state index in [4.69, 9.17) is 14.2 Å². The van der Waals surface area contributed by atoms with E-state index < -0.39 is 16.1 Å². The van der Waals surface area contributed by atoms with E-state index in [-0.39, 0.29) is 15.9 Å². The van der Waals surface area contributed by atoms with Crippen molar-refractivity contribution in [1.29, 1.82) is 0 Å². The second-order valence-electron chi connectivity index (χ2n) is 12.1. The van der Waals surface area contributed by atoms with Gasteiger partial charge in [0.05, 0.1) is 39.8 Å². The molecule has 5 heteroatoms. The third kappa shape index (κ3) is 5.89. The Morgan fingerprint density at radius 1 is 0.867 bits per heavy atom. The maximum atomic E-state index is 6.76. The highest BCUT2D eigenvalue weighted by Crippen LogP contribution is 2.51. The van der Waals surface area contributed by atoms with E-state index in [1.165, 1.54) is 38.5 Å². The topological polar surface area (TPSA) is 27.7 Å². The van der Waals surface area contributed by atoms with Crippen molar-refractivity contribution in [2.45, 2.75) is 114 Å². The van der Waals surface area contributed by atoms with Crippen molar-refractivity contribution in [1.82, 2.24) is 0 Å². The second kappa shape index (κ2) is 10.3. The van der Waals surface area contributed by atoms with Crippen molar-refractivity contribution < 1.29 is 14.2 Å². The number of hydrogen-bond donors (Lipinski definition) is 0. The van der Waals surface area contributed by atoms with Crippen LogP contribution in [-0.4, -0.2) is 53.0 Å². The summed E-state index contributed by atoms with van der Waals surface area (Å²) in [4.78, 5) is 0. The molecule has 0 spiro atoms. The molecule has 0 radical (unpaired) electrons. The average molecular weight is 455 g/mol. The van der Waals surface area contributed by atoms with Gasteiger partial charge in [-0.2, -0.15) is 0 Å². The molecule has 0 saturated carbocycles. The first-order valence-electron chi connectivity index (χ1n) is 12.4. The highest BCUT2D eigenvalue weighted by atomic mass is 28.3. The first-order valence-corrected chi connectivity index (χ1v) is 19.4. The Morgan fingerprint density at radius 2 is 1.33 bits per heavy atom. The third-order valence-electron chi connectivity index (χ3n) is 8.16. The molecule has 0 aliphatic carbocycles. The lowest BCUT2D eigenvalue weighted by Gasteiger charge is -2.55. The van der Waals surface area contributed by atoms with Crippen LogP contribution in [0.25, 0.3) is 0 Å². The molecule has 0 aromatic rings. The minimum absolute atomic E-state index is 0.0497. The largest absolute Gasteiger partial charge is 0.378 e. The van der Waals surface area contributed by atoms with Gasteiger partial charge in [0.15, 0.2) is 0 Å². The zero-order valence-electron chi connectivity index (χ0n) is 21.2. The van der Waals surface area contributed by atoms with Crippen LogP contribution in [0.4, 0.5) is 0 Å². The van der Waals surface area contributed by atoms with Gasteiger partial charge in [0, 0.05) is 13.2 Å². The molecule has 2 aliphatic heterocycles. The Kier molecular flexibility index (Phi) is 9.06. The normalized spacial score (nSPS) is 30.6. The highest BCUT2D eigenvalue weighted by Gasteiger charge is 2.55. The van der Waals surface area contributed by atoms with Gasteiger partial charge in [0.1, 0.15) is 0 Å². The zero-order chi connectivity index (χ0) is 22.5. The van der Waals surface area contributed by atoms with E-state index in [0.29, 0.717) is 6.61 Å². The van der Waals surface area contributed by atoms with Crippen LogP contribution in [-0.2, 0) is 14.2 Å². The Hall–Kier alpha value is 0.0538. The molecule has 2 rings (SSSR count). The van der Waals surface area contributed by atoms with E-state index in [9.17, 15) is 0 Å². The van der Waals surface area contributed by atoms with Gasteiger partial charge in [0.2, 0.25) is 0 Å². The van der Waals surface area contributed by atoms with Crippen LogP contribution in [0.2, 0.25) is 39.3 Å². The number of ether oxygens (including phenoxy) is 3. The number of hydrogen-bond acceptors (Lipinski definition) is 3. The van der Waals surface area contributed by atoms with Crippen molar-refractivity contribution in [3.8, 4) is 0 Å². The molecule has 3 nitrogen and oxygen atoms in total. The van der Waals surface area contributed by atoms with Crippen molar-refractivity contribution in [2.24, 2.45) is 5.41 Å². The van der Waals surface area contributed by atoms with Crippen molar-refractivity contribution in [3.63, 3.8) is 0 Å². The molecular formula is C25H50O3Si2. The van der Waals surface area contributed by atoms with Crippen LogP contribution in [0, 0.1) is 5.41 Å². The molecule has 2 fully saturated rings. The first-order chi connectivity index (χ1) is 13.9. The molecule has 2 aliphatic rings. The third-order valence-corrected chi connectivity index (χ3v) is 14.8. The summed E-state index contributed by atoms with van der Waals surface area (Å²) in [5.41, 5.74) is 0.0955. The van der Waals surface area contributed by atoms with Crippen LogP contribution < -0.4 is 0 Å². The minimum Gasteiger partial charge on any atom is -0.378 e. The van der Waals surface area contributed by atoms with Gasteiger partial charge in [-0.15, -0.1) is 6.58 Å². The van der Waals surface area contributed by atoms with Gasteiger partial charge in [-0.3, -0.25) is 0 Å². The van der Waals surface area contributed by atoms with Gasteiger partial charge in [-0.1, -0.05) is 52.3 Å². The van der Waals surface area contributed by atoms with Crippen molar-refractivity contribution in [3.05, 3.63) is 12.7 Å². The summed E-state index contributed by atoms with van der Waals surface area (Å²) in [6, 6.07) is 0. The standard InChI is InChI=1S/C25H50O3Si2/c1-9-17-26-22-23(10-2,20-24(29(3,4)5)15-11-13-18-27-24)21-25(30(6,7)8)16-12-14-19-28-25/h9H,1,10-22H2,2-8H3. The van der Waals surface area contributed by atoms with E-state index in [1.54, 1.807) is 0 Å². The second-order valence-corrected chi connectivity index (χ2v) is 22.9. The maximum absolute atomic E-state index is 6.76. The van der Waals surface area contributed by atoms with Crippen molar-refractivity contribution in [2.75, 3.05) is 26.4 Å². The smallest absolute Gasteiger partial charge is 0.0824 e. The van der Waals surface area contributed by atoms with Crippen LogP contribution >= 0.6 is 0 Å². The SMILES string of the molecule is C=CCOCC(CC)(CC1([Si](C)(C)C)CCCCO1)CC1([Si](C)(C)C)CCCCO1. The lowest BCUT2D eigenvalue weighted by Crippen LogP contribution is -2.62. The summed E-state index contributed by atoms with van der Waals surface area (Å²) >= 11 is 0. The van der Waals surface area contributed by atoms with E-state index >= 15 is 0 Å². The Morgan fingerprint density at radius 3 is 1.63 bits per heavy atom. The first kappa shape index (κ1) is 26.3. The molecule has 2 atom stereocenters. The summed E-state index contributed by atoms with van der Waals surface area (Å²) in [7, 11) is -3.09. The molecule has 176 valence electrons. The van der Waals surface area contributed by atoms with Crippen molar-refractivity contribution >= 4 is 16.1 Å².